The Morgan fingerprint density at radius 3 is 2.61 bits per heavy atom. The fourth-order valence-corrected chi connectivity index (χ4v) is 5.06. The normalized spacial score (nSPS) is 22.7. The molecule has 2 aromatic rings. The minimum absolute atomic E-state index is 0.199. The molecule has 0 bridgehead atoms. The standard InChI is InChI=1S/C24H29N3O/c28-24(27-15-14-26-12-3-6-23(26)18-27)21-9-7-19(8-10-21)16-25-13-11-20-4-1-2-5-22(20)17-25/h1-2,4-5,7-10,23H,3,6,11-18H2/t23-/m1/s1. The third kappa shape index (κ3) is 3.59. The van der Waals surface area contributed by atoms with Gasteiger partial charge in [-0.25, -0.2) is 0 Å². The molecule has 2 fully saturated rings. The summed E-state index contributed by atoms with van der Waals surface area (Å²) in [5.74, 6) is 0.199. The first kappa shape index (κ1) is 17.9. The van der Waals surface area contributed by atoms with Gasteiger partial charge in [0, 0.05) is 50.9 Å². The van der Waals surface area contributed by atoms with E-state index in [9.17, 15) is 4.79 Å². The Bertz CT molecular complexity index is 847. The molecule has 3 heterocycles. The van der Waals surface area contributed by atoms with Gasteiger partial charge in [-0.05, 0) is 54.6 Å². The molecule has 146 valence electrons. The summed E-state index contributed by atoms with van der Waals surface area (Å²) in [4.78, 5) is 20.0. The highest BCUT2D eigenvalue weighted by atomic mass is 16.2. The van der Waals surface area contributed by atoms with E-state index < -0.39 is 0 Å². The summed E-state index contributed by atoms with van der Waals surface area (Å²) in [7, 11) is 0. The molecule has 1 atom stereocenters. The molecule has 2 saturated heterocycles. The zero-order valence-corrected chi connectivity index (χ0v) is 16.5. The van der Waals surface area contributed by atoms with Crippen LogP contribution in [-0.2, 0) is 19.5 Å². The summed E-state index contributed by atoms with van der Waals surface area (Å²) in [5, 5.41) is 0. The van der Waals surface area contributed by atoms with E-state index in [0.29, 0.717) is 6.04 Å². The zero-order chi connectivity index (χ0) is 18.9. The van der Waals surface area contributed by atoms with Gasteiger partial charge in [0.15, 0.2) is 0 Å². The Hall–Kier alpha value is -2.17. The van der Waals surface area contributed by atoms with Gasteiger partial charge in [-0.1, -0.05) is 36.4 Å². The van der Waals surface area contributed by atoms with Crippen LogP contribution < -0.4 is 0 Å². The van der Waals surface area contributed by atoms with Gasteiger partial charge in [-0.3, -0.25) is 14.6 Å². The Labute approximate surface area is 167 Å². The van der Waals surface area contributed by atoms with Gasteiger partial charge < -0.3 is 4.90 Å². The second-order valence-corrected chi connectivity index (χ2v) is 8.51. The molecule has 3 aliphatic rings. The second kappa shape index (κ2) is 7.69. The third-order valence-electron chi connectivity index (χ3n) is 6.69. The van der Waals surface area contributed by atoms with E-state index in [0.717, 1.165) is 51.3 Å². The van der Waals surface area contributed by atoms with Crippen LogP contribution in [0.1, 0.15) is 39.9 Å². The molecule has 1 amide bonds. The summed E-state index contributed by atoms with van der Waals surface area (Å²) < 4.78 is 0. The SMILES string of the molecule is O=C(c1ccc(CN2CCc3ccccc3C2)cc1)N1CCN2CCC[C@@H]2C1. The first-order chi connectivity index (χ1) is 13.8. The lowest BCUT2D eigenvalue weighted by atomic mass is 9.99. The third-order valence-corrected chi connectivity index (χ3v) is 6.69. The molecule has 0 aliphatic carbocycles. The number of benzene rings is 2. The molecule has 4 heteroatoms. The van der Waals surface area contributed by atoms with Crippen LogP contribution in [0.5, 0.6) is 0 Å². The maximum absolute atomic E-state index is 12.9. The highest BCUT2D eigenvalue weighted by molar-refractivity contribution is 5.94. The predicted octanol–water partition coefficient (Wildman–Crippen LogP) is 3.17. The number of hydrogen-bond donors (Lipinski definition) is 0. The number of piperazine rings is 1. The van der Waals surface area contributed by atoms with Crippen LogP contribution in [0.15, 0.2) is 48.5 Å². The Balaban J connectivity index is 1.21. The van der Waals surface area contributed by atoms with Crippen molar-refractivity contribution in [2.45, 2.75) is 38.4 Å². The first-order valence-corrected chi connectivity index (χ1v) is 10.7. The Kier molecular flexibility index (Phi) is 4.91. The second-order valence-electron chi connectivity index (χ2n) is 8.51. The van der Waals surface area contributed by atoms with Gasteiger partial charge in [0.2, 0.25) is 0 Å². The summed E-state index contributed by atoms with van der Waals surface area (Å²) in [6.45, 7) is 7.07. The average Bonchev–Trinajstić information content (AvgIpc) is 3.21. The monoisotopic (exact) mass is 375 g/mol. The van der Waals surface area contributed by atoms with Crippen molar-refractivity contribution in [2.24, 2.45) is 0 Å². The average molecular weight is 376 g/mol. The molecule has 28 heavy (non-hydrogen) atoms. The molecule has 0 radical (unpaired) electrons. The highest BCUT2D eigenvalue weighted by Gasteiger charge is 2.32. The lowest BCUT2D eigenvalue weighted by Crippen LogP contribution is -2.52. The van der Waals surface area contributed by atoms with E-state index in [2.05, 4.69) is 51.1 Å². The molecule has 0 spiro atoms. The van der Waals surface area contributed by atoms with Crippen LogP contribution in [0.4, 0.5) is 0 Å². The predicted molar refractivity (Wildman–Crippen MR) is 111 cm³/mol. The van der Waals surface area contributed by atoms with Crippen LogP contribution in [0.2, 0.25) is 0 Å². The fourth-order valence-electron chi connectivity index (χ4n) is 5.06. The number of carbonyl (C=O) groups excluding carboxylic acids is 1. The highest BCUT2D eigenvalue weighted by Crippen LogP contribution is 2.23. The lowest BCUT2D eigenvalue weighted by molar-refractivity contribution is 0.0571. The minimum atomic E-state index is 0.199. The molecule has 0 N–H and O–H groups in total. The number of carbonyl (C=O) groups is 1. The van der Waals surface area contributed by atoms with Crippen molar-refractivity contribution in [2.75, 3.05) is 32.7 Å². The van der Waals surface area contributed by atoms with Crippen LogP contribution in [0.25, 0.3) is 0 Å². The van der Waals surface area contributed by atoms with Gasteiger partial charge in [-0.15, -0.1) is 0 Å². The summed E-state index contributed by atoms with van der Waals surface area (Å²) in [5.41, 5.74) is 5.06. The van der Waals surface area contributed by atoms with Gasteiger partial charge in [0.25, 0.3) is 5.91 Å². The number of amides is 1. The number of fused-ring (bicyclic) bond motifs is 2. The summed E-state index contributed by atoms with van der Waals surface area (Å²) >= 11 is 0. The van der Waals surface area contributed by atoms with Crippen molar-refractivity contribution in [3.63, 3.8) is 0 Å². The summed E-state index contributed by atoms with van der Waals surface area (Å²) in [6.07, 6.45) is 3.64. The first-order valence-electron chi connectivity index (χ1n) is 10.7. The smallest absolute Gasteiger partial charge is 0.253 e. The van der Waals surface area contributed by atoms with Gasteiger partial charge in [0.1, 0.15) is 0 Å². The van der Waals surface area contributed by atoms with Crippen LogP contribution >= 0.6 is 0 Å². The molecule has 0 unspecified atom stereocenters. The van der Waals surface area contributed by atoms with Gasteiger partial charge in [-0.2, -0.15) is 0 Å². The molecule has 3 aliphatic heterocycles. The van der Waals surface area contributed by atoms with E-state index in [-0.39, 0.29) is 5.91 Å². The lowest BCUT2D eigenvalue weighted by Gasteiger charge is -2.37. The molecular weight excluding hydrogens is 346 g/mol. The van der Waals surface area contributed by atoms with Crippen molar-refractivity contribution in [3.05, 3.63) is 70.8 Å². The topological polar surface area (TPSA) is 26.8 Å². The maximum Gasteiger partial charge on any atom is 0.253 e. The van der Waals surface area contributed by atoms with Gasteiger partial charge >= 0.3 is 0 Å². The fraction of sp³-hybridized carbons (Fsp3) is 0.458. The van der Waals surface area contributed by atoms with E-state index in [1.165, 1.54) is 36.1 Å². The minimum Gasteiger partial charge on any atom is -0.336 e. The van der Waals surface area contributed by atoms with Crippen LogP contribution in [0.3, 0.4) is 0 Å². The van der Waals surface area contributed by atoms with E-state index in [1.54, 1.807) is 0 Å². The summed E-state index contributed by atoms with van der Waals surface area (Å²) in [6, 6.07) is 17.7. The molecule has 0 aromatic heterocycles. The van der Waals surface area contributed by atoms with Crippen molar-refractivity contribution < 1.29 is 4.79 Å². The van der Waals surface area contributed by atoms with E-state index >= 15 is 0 Å². The van der Waals surface area contributed by atoms with E-state index in [1.807, 2.05) is 12.1 Å². The van der Waals surface area contributed by atoms with Crippen molar-refractivity contribution in [1.82, 2.24) is 14.7 Å². The van der Waals surface area contributed by atoms with E-state index in [4.69, 9.17) is 0 Å². The molecule has 5 rings (SSSR count). The molecule has 0 saturated carbocycles. The number of hydrogen-bond acceptors (Lipinski definition) is 3. The molecule has 4 nitrogen and oxygen atoms in total. The number of rotatable bonds is 3. The molecular formula is C24H29N3O. The van der Waals surface area contributed by atoms with Crippen LogP contribution in [-0.4, -0.2) is 59.4 Å². The van der Waals surface area contributed by atoms with Crippen molar-refractivity contribution in [3.8, 4) is 0 Å². The van der Waals surface area contributed by atoms with Crippen molar-refractivity contribution in [1.29, 1.82) is 0 Å². The number of nitrogens with zero attached hydrogens (tertiary/aromatic N) is 3. The maximum atomic E-state index is 12.9. The quantitative estimate of drug-likeness (QED) is 0.825. The zero-order valence-electron chi connectivity index (χ0n) is 16.5. The Morgan fingerprint density at radius 2 is 1.75 bits per heavy atom. The Morgan fingerprint density at radius 1 is 0.929 bits per heavy atom. The van der Waals surface area contributed by atoms with Gasteiger partial charge in [0.05, 0.1) is 0 Å². The van der Waals surface area contributed by atoms with Crippen LogP contribution in [0, 0.1) is 0 Å². The van der Waals surface area contributed by atoms with Crippen molar-refractivity contribution >= 4 is 5.91 Å². The molecule has 2 aromatic carbocycles. The largest absolute Gasteiger partial charge is 0.336 e.